The first-order valence-electron chi connectivity index (χ1n) is 8.14. The lowest BCUT2D eigenvalue weighted by Gasteiger charge is -2.35. The Hall–Kier alpha value is -1.48. The molecule has 0 spiro atoms. The molecule has 0 saturated carbocycles. The van der Waals surface area contributed by atoms with Crippen molar-refractivity contribution in [2.45, 2.75) is 51.4 Å². The van der Waals surface area contributed by atoms with Gasteiger partial charge in [0.05, 0.1) is 5.69 Å². The van der Waals surface area contributed by atoms with Crippen LogP contribution in [-0.2, 0) is 16.7 Å². The predicted octanol–water partition coefficient (Wildman–Crippen LogP) is 2.53. The Morgan fingerprint density at radius 2 is 1.76 bits per heavy atom. The number of rotatable bonds is 5. The summed E-state index contributed by atoms with van der Waals surface area (Å²) in [7, 11) is -6.84. The highest BCUT2D eigenvalue weighted by Gasteiger charge is 2.43. The van der Waals surface area contributed by atoms with Crippen LogP contribution in [0.15, 0.2) is 36.5 Å². The van der Waals surface area contributed by atoms with E-state index in [2.05, 4.69) is 4.98 Å². The number of hydrogen-bond donors (Lipinski definition) is 2. The molecule has 2 aromatic rings. The SMILES string of the molecule is CC(C)(C)[Si](C)(C)c1nc(C(O)Cc2ccccc2)cn1S(=O)(=O)O. The molecule has 1 unspecified atom stereocenters. The van der Waals surface area contributed by atoms with E-state index in [0.29, 0.717) is 11.9 Å². The van der Waals surface area contributed by atoms with Gasteiger partial charge in [0.2, 0.25) is 0 Å². The number of hydrogen-bond acceptors (Lipinski definition) is 4. The van der Waals surface area contributed by atoms with Gasteiger partial charge < -0.3 is 5.11 Å². The van der Waals surface area contributed by atoms with Crippen molar-refractivity contribution in [1.29, 1.82) is 0 Å². The molecule has 0 aliphatic rings. The second-order valence-corrected chi connectivity index (χ2v) is 14.3. The van der Waals surface area contributed by atoms with Crippen molar-refractivity contribution in [2.75, 3.05) is 0 Å². The lowest BCUT2D eigenvalue weighted by molar-refractivity contribution is 0.174. The predicted molar refractivity (Wildman–Crippen MR) is 101 cm³/mol. The summed E-state index contributed by atoms with van der Waals surface area (Å²) in [5, 5.41) is 10.3. The van der Waals surface area contributed by atoms with Gasteiger partial charge in [-0.05, 0) is 10.6 Å². The molecule has 0 radical (unpaired) electrons. The summed E-state index contributed by atoms with van der Waals surface area (Å²) >= 11 is 0. The van der Waals surface area contributed by atoms with Crippen LogP contribution in [0.2, 0.25) is 18.1 Å². The van der Waals surface area contributed by atoms with E-state index in [9.17, 15) is 18.1 Å². The average Bonchev–Trinajstić information content (AvgIpc) is 2.93. The first-order chi connectivity index (χ1) is 11.3. The van der Waals surface area contributed by atoms with Gasteiger partial charge >= 0.3 is 10.3 Å². The van der Waals surface area contributed by atoms with Crippen LogP contribution in [0, 0.1) is 0 Å². The summed E-state index contributed by atoms with van der Waals surface area (Å²) in [4.78, 5) is 4.45. The zero-order valence-electron chi connectivity index (χ0n) is 15.3. The molecule has 0 amide bonds. The Kier molecular flexibility index (Phi) is 5.30. The first kappa shape index (κ1) is 19.8. The summed E-state index contributed by atoms with van der Waals surface area (Å²) in [5.41, 5.74) is 1.51. The van der Waals surface area contributed by atoms with Gasteiger partial charge in [0.25, 0.3) is 0 Å². The molecule has 8 heteroatoms. The third-order valence-electron chi connectivity index (χ3n) is 4.99. The summed E-state index contributed by atoms with van der Waals surface area (Å²) in [6.07, 6.45) is 0.605. The molecule has 138 valence electrons. The van der Waals surface area contributed by atoms with E-state index >= 15 is 0 Å². The maximum Gasteiger partial charge on any atom is 0.364 e. The minimum Gasteiger partial charge on any atom is -0.386 e. The van der Waals surface area contributed by atoms with Gasteiger partial charge in [0, 0.05) is 12.6 Å². The fourth-order valence-corrected chi connectivity index (χ4v) is 5.64. The molecule has 6 nitrogen and oxygen atoms in total. The summed E-state index contributed by atoms with van der Waals surface area (Å²) < 4.78 is 34.1. The lowest BCUT2D eigenvalue weighted by Crippen LogP contribution is -2.54. The molecular weight excluding hydrogens is 356 g/mol. The van der Waals surface area contributed by atoms with Crippen LogP contribution in [0.1, 0.15) is 38.1 Å². The van der Waals surface area contributed by atoms with Gasteiger partial charge in [0.1, 0.15) is 19.6 Å². The van der Waals surface area contributed by atoms with E-state index < -0.39 is 24.5 Å². The van der Waals surface area contributed by atoms with E-state index in [1.165, 1.54) is 6.20 Å². The van der Waals surface area contributed by atoms with Gasteiger partial charge in [-0.25, -0.2) is 8.96 Å². The zero-order chi connectivity index (χ0) is 19.0. The highest BCUT2D eigenvalue weighted by Crippen LogP contribution is 2.35. The van der Waals surface area contributed by atoms with Gasteiger partial charge in [-0.1, -0.05) is 64.2 Å². The Morgan fingerprint density at radius 3 is 2.24 bits per heavy atom. The number of aromatic nitrogens is 2. The molecule has 0 aliphatic carbocycles. The lowest BCUT2D eigenvalue weighted by atomic mass is 10.1. The standard InChI is InChI=1S/C17H26N2O4SSi/c1-17(2,3)25(4,5)16-18-14(12-19(16)24(21,22)23)15(20)11-13-9-7-6-8-10-13/h6-10,12,15,20H,11H2,1-5H3,(H,21,22,23). The number of aliphatic hydroxyl groups is 1. The second kappa shape index (κ2) is 6.68. The second-order valence-electron chi connectivity index (χ2n) is 7.84. The Labute approximate surface area is 150 Å². The van der Waals surface area contributed by atoms with E-state index in [0.717, 1.165) is 9.54 Å². The highest BCUT2D eigenvalue weighted by atomic mass is 32.2. The first-order valence-corrected chi connectivity index (χ1v) is 12.5. The van der Waals surface area contributed by atoms with Crippen LogP contribution < -0.4 is 5.45 Å². The molecule has 0 aliphatic heterocycles. The van der Waals surface area contributed by atoms with E-state index in [1.807, 2.05) is 64.2 Å². The van der Waals surface area contributed by atoms with Crippen LogP contribution in [-0.4, -0.2) is 35.1 Å². The molecule has 2 rings (SSSR count). The minimum atomic E-state index is -4.48. The van der Waals surface area contributed by atoms with Gasteiger partial charge in [-0.3, -0.25) is 4.55 Å². The fourth-order valence-electron chi connectivity index (χ4n) is 2.41. The maximum atomic E-state index is 11.8. The van der Waals surface area contributed by atoms with Gasteiger partial charge in [-0.2, -0.15) is 8.42 Å². The maximum absolute atomic E-state index is 11.8. The molecular formula is C17H26N2O4SSi. The Morgan fingerprint density at radius 1 is 1.20 bits per heavy atom. The van der Waals surface area contributed by atoms with Crippen LogP contribution in [0.3, 0.4) is 0 Å². The molecule has 0 bridgehead atoms. The topological polar surface area (TPSA) is 92.4 Å². The molecule has 25 heavy (non-hydrogen) atoms. The Balaban J connectivity index is 2.49. The number of nitrogens with zero attached hydrogens (tertiary/aromatic N) is 2. The quantitative estimate of drug-likeness (QED) is 0.612. The highest BCUT2D eigenvalue weighted by molar-refractivity contribution is 7.84. The van der Waals surface area contributed by atoms with Crippen LogP contribution in [0.25, 0.3) is 0 Å². The van der Waals surface area contributed by atoms with Crippen LogP contribution in [0.4, 0.5) is 0 Å². The van der Waals surface area contributed by atoms with Gasteiger partial charge in [0.15, 0.2) is 0 Å². The van der Waals surface area contributed by atoms with Crippen LogP contribution in [0.5, 0.6) is 0 Å². The van der Waals surface area contributed by atoms with Crippen molar-refractivity contribution in [3.63, 3.8) is 0 Å². The van der Waals surface area contributed by atoms with E-state index in [1.54, 1.807) is 0 Å². The third kappa shape index (κ3) is 4.20. The molecule has 1 heterocycles. The average molecular weight is 383 g/mol. The van der Waals surface area contributed by atoms with Crippen molar-refractivity contribution < 1.29 is 18.1 Å². The van der Waals surface area contributed by atoms with Crippen molar-refractivity contribution in [1.82, 2.24) is 8.96 Å². The van der Waals surface area contributed by atoms with Crippen molar-refractivity contribution in [2.24, 2.45) is 0 Å². The number of aliphatic hydroxyl groups excluding tert-OH is 1. The summed E-state index contributed by atoms with van der Waals surface area (Å²) in [6.45, 7) is 10.1. The molecule has 0 saturated heterocycles. The summed E-state index contributed by atoms with van der Waals surface area (Å²) in [6, 6.07) is 9.41. The number of benzene rings is 1. The molecule has 0 fully saturated rings. The van der Waals surface area contributed by atoms with E-state index in [-0.39, 0.29) is 10.7 Å². The molecule has 2 N–H and O–H groups in total. The third-order valence-corrected chi connectivity index (χ3v) is 11.1. The summed E-state index contributed by atoms with van der Waals surface area (Å²) in [5.74, 6) is 0. The monoisotopic (exact) mass is 382 g/mol. The Bertz CT molecular complexity index is 839. The van der Waals surface area contributed by atoms with Crippen LogP contribution >= 0.6 is 0 Å². The normalized spacial score (nSPS) is 14.5. The minimum absolute atomic E-state index is 0.178. The largest absolute Gasteiger partial charge is 0.386 e. The molecule has 1 aromatic carbocycles. The van der Waals surface area contributed by atoms with Gasteiger partial charge in [-0.15, -0.1) is 0 Å². The van der Waals surface area contributed by atoms with E-state index in [4.69, 9.17) is 0 Å². The molecule has 1 aromatic heterocycles. The molecule has 1 atom stereocenters. The smallest absolute Gasteiger partial charge is 0.364 e. The van der Waals surface area contributed by atoms with Crippen molar-refractivity contribution in [3.8, 4) is 0 Å². The zero-order valence-corrected chi connectivity index (χ0v) is 17.1. The fraction of sp³-hybridized carbons (Fsp3) is 0.471. The number of imidazole rings is 1. The van der Waals surface area contributed by atoms with Crippen molar-refractivity contribution in [3.05, 3.63) is 47.8 Å². The van der Waals surface area contributed by atoms with Crippen molar-refractivity contribution >= 4 is 23.8 Å².